The van der Waals surface area contributed by atoms with Crippen LogP contribution in [0, 0.1) is 11.8 Å². The summed E-state index contributed by atoms with van der Waals surface area (Å²) in [4.78, 5) is 3.61. The molecule has 0 fully saturated rings. The number of hydrogen-bond donors (Lipinski definition) is 2. The number of aromatic nitrogens is 1. The van der Waals surface area contributed by atoms with Gasteiger partial charge >= 0.3 is 0 Å². The number of halogens is 2. The van der Waals surface area contributed by atoms with Gasteiger partial charge in [0, 0.05) is 11.1 Å². The van der Waals surface area contributed by atoms with E-state index in [4.69, 9.17) is 0 Å². The summed E-state index contributed by atoms with van der Waals surface area (Å²) in [7, 11) is 0. The average Bonchev–Trinajstić information content (AvgIpc) is 2.41. The number of phenols is 2. The van der Waals surface area contributed by atoms with Crippen LogP contribution in [0.15, 0.2) is 24.3 Å². The smallest absolute Gasteiger partial charge is 0.213 e. The van der Waals surface area contributed by atoms with Crippen molar-refractivity contribution in [3.05, 3.63) is 52.9 Å². The molecule has 2 aromatic rings. The number of hydrogen-bond acceptors (Lipinski definition) is 3. The van der Waals surface area contributed by atoms with Crippen molar-refractivity contribution in [2.45, 2.75) is 19.8 Å². The molecular weight excluding hydrogens is 276 g/mol. The lowest BCUT2D eigenvalue weighted by Crippen LogP contribution is -1.94. The summed E-state index contributed by atoms with van der Waals surface area (Å²) in [5.74, 6) is -2.45. The summed E-state index contributed by atoms with van der Waals surface area (Å²) >= 11 is 0. The van der Waals surface area contributed by atoms with Crippen LogP contribution in [0.4, 0.5) is 8.78 Å². The molecule has 5 heteroatoms. The minimum absolute atomic E-state index is 0.000427. The molecule has 0 amide bonds. The van der Waals surface area contributed by atoms with Gasteiger partial charge in [-0.05, 0) is 36.3 Å². The van der Waals surface area contributed by atoms with Crippen molar-refractivity contribution in [2.75, 3.05) is 0 Å². The van der Waals surface area contributed by atoms with Crippen molar-refractivity contribution in [1.29, 1.82) is 0 Å². The summed E-state index contributed by atoms with van der Waals surface area (Å²) in [5.41, 5.74) is 0.468. The van der Waals surface area contributed by atoms with Gasteiger partial charge in [0.2, 0.25) is 5.95 Å². The van der Waals surface area contributed by atoms with Crippen LogP contribution in [0.5, 0.6) is 11.5 Å². The van der Waals surface area contributed by atoms with Gasteiger partial charge < -0.3 is 10.2 Å². The van der Waals surface area contributed by atoms with Crippen molar-refractivity contribution < 1.29 is 19.0 Å². The van der Waals surface area contributed by atoms with E-state index in [1.165, 1.54) is 30.4 Å². The van der Waals surface area contributed by atoms with Crippen LogP contribution in [0.2, 0.25) is 0 Å². The number of aromatic hydroxyl groups is 2. The molecule has 1 heterocycles. The lowest BCUT2D eigenvalue weighted by molar-refractivity contribution is 0.404. The van der Waals surface area contributed by atoms with E-state index in [1.54, 1.807) is 19.9 Å². The van der Waals surface area contributed by atoms with E-state index >= 15 is 0 Å². The predicted molar refractivity (Wildman–Crippen MR) is 76.9 cm³/mol. The van der Waals surface area contributed by atoms with Crippen molar-refractivity contribution in [1.82, 2.24) is 4.98 Å². The predicted octanol–water partition coefficient (Wildman–Crippen LogP) is 4.06. The standard InChI is InChI=1S/C16H15F2NO2/c1-9(2)14-12(20)8-10(15(18)16(14)21)6-7-11-4-3-5-13(17)19-11/h3-9,20-21H,1-2H3. The molecule has 0 saturated carbocycles. The molecule has 0 unspecified atom stereocenters. The van der Waals surface area contributed by atoms with E-state index in [9.17, 15) is 19.0 Å². The average molecular weight is 291 g/mol. The zero-order chi connectivity index (χ0) is 15.6. The molecule has 2 N–H and O–H groups in total. The van der Waals surface area contributed by atoms with Gasteiger partial charge in [0.1, 0.15) is 5.75 Å². The van der Waals surface area contributed by atoms with Crippen molar-refractivity contribution in [3.63, 3.8) is 0 Å². The summed E-state index contributed by atoms with van der Waals surface area (Å²) in [6, 6.07) is 5.46. The lowest BCUT2D eigenvalue weighted by atomic mass is 9.98. The quantitative estimate of drug-likeness (QED) is 0.838. The minimum Gasteiger partial charge on any atom is -0.507 e. The largest absolute Gasteiger partial charge is 0.507 e. The molecule has 1 aromatic carbocycles. The van der Waals surface area contributed by atoms with Gasteiger partial charge in [-0.2, -0.15) is 4.39 Å². The summed E-state index contributed by atoms with van der Waals surface area (Å²) in [5, 5.41) is 19.7. The van der Waals surface area contributed by atoms with Gasteiger partial charge in [0.05, 0.1) is 5.69 Å². The maximum Gasteiger partial charge on any atom is 0.213 e. The van der Waals surface area contributed by atoms with Crippen LogP contribution in [-0.4, -0.2) is 15.2 Å². The van der Waals surface area contributed by atoms with Gasteiger partial charge in [-0.25, -0.2) is 9.37 Å². The highest BCUT2D eigenvalue weighted by molar-refractivity contribution is 5.71. The third kappa shape index (κ3) is 3.18. The van der Waals surface area contributed by atoms with Gasteiger partial charge in [-0.1, -0.05) is 19.9 Å². The molecule has 0 aliphatic rings. The SMILES string of the molecule is CC(C)c1c(O)cc(C=Cc2cccc(F)n2)c(F)c1O. The Hall–Kier alpha value is -2.43. The third-order valence-corrected chi connectivity index (χ3v) is 3.03. The summed E-state index contributed by atoms with van der Waals surface area (Å²) in [6.07, 6.45) is 2.72. The molecule has 1 aromatic heterocycles. The topological polar surface area (TPSA) is 53.4 Å². The fourth-order valence-electron chi connectivity index (χ4n) is 2.05. The Bertz CT molecular complexity index is 697. The Morgan fingerprint density at radius 3 is 2.48 bits per heavy atom. The molecule has 0 aliphatic carbocycles. The molecule has 2 rings (SSSR count). The van der Waals surface area contributed by atoms with Gasteiger partial charge in [0.25, 0.3) is 0 Å². The zero-order valence-corrected chi connectivity index (χ0v) is 11.6. The van der Waals surface area contributed by atoms with Crippen LogP contribution in [0.1, 0.15) is 36.6 Å². The maximum atomic E-state index is 14.1. The van der Waals surface area contributed by atoms with E-state index < -0.39 is 17.5 Å². The van der Waals surface area contributed by atoms with E-state index in [-0.39, 0.29) is 22.8 Å². The molecule has 0 aliphatic heterocycles. The first-order valence-corrected chi connectivity index (χ1v) is 6.45. The number of nitrogens with zero attached hydrogens (tertiary/aromatic N) is 1. The number of phenolic OH excluding ortho intramolecular Hbond substituents is 2. The molecule has 0 atom stereocenters. The first-order valence-electron chi connectivity index (χ1n) is 6.45. The number of rotatable bonds is 3. The van der Waals surface area contributed by atoms with Crippen LogP contribution >= 0.6 is 0 Å². The monoisotopic (exact) mass is 291 g/mol. The fourth-order valence-corrected chi connectivity index (χ4v) is 2.05. The number of pyridine rings is 1. The van der Waals surface area contributed by atoms with Gasteiger partial charge in [-0.3, -0.25) is 0 Å². The lowest BCUT2D eigenvalue weighted by Gasteiger charge is -2.13. The maximum absolute atomic E-state index is 14.1. The molecule has 0 spiro atoms. The Kier molecular flexibility index (Phi) is 4.21. The molecular formula is C16H15F2NO2. The molecule has 0 radical (unpaired) electrons. The summed E-state index contributed by atoms with van der Waals surface area (Å²) < 4.78 is 27.0. The van der Waals surface area contributed by atoms with Crippen LogP contribution in [-0.2, 0) is 0 Å². The number of benzene rings is 1. The van der Waals surface area contributed by atoms with E-state index in [2.05, 4.69) is 4.98 Å². The Labute approximate surface area is 121 Å². The van der Waals surface area contributed by atoms with Crippen LogP contribution in [0.25, 0.3) is 12.2 Å². The van der Waals surface area contributed by atoms with Crippen molar-refractivity contribution in [2.24, 2.45) is 0 Å². The molecule has 0 saturated heterocycles. The molecule has 21 heavy (non-hydrogen) atoms. The highest BCUT2D eigenvalue weighted by Crippen LogP contribution is 2.38. The Morgan fingerprint density at radius 1 is 1.14 bits per heavy atom. The highest BCUT2D eigenvalue weighted by Gasteiger charge is 2.18. The molecule has 0 bridgehead atoms. The molecule has 110 valence electrons. The van der Waals surface area contributed by atoms with Gasteiger partial charge in [-0.15, -0.1) is 0 Å². The Balaban J connectivity index is 2.42. The normalized spacial score (nSPS) is 11.5. The van der Waals surface area contributed by atoms with E-state index in [0.717, 1.165) is 0 Å². The second-order valence-corrected chi connectivity index (χ2v) is 4.93. The zero-order valence-electron chi connectivity index (χ0n) is 11.6. The van der Waals surface area contributed by atoms with Crippen LogP contribution in [0.3, 0.4) is 0 Å². The van der Waals surface area contributed by atoms with Crippen molar-refractivity contribution in [3.8, 4) is 11.5 Å². The minimum atomic E-state index is -0.829. The van der Waals surface area contributed by atoms with Crippen molar-refractivity contribution >= 4 is 12.2 Å². The first kappa shape index (κ1) is 15.0. The Morgan fingerprint density at radius 2 is 1.86 bits per heavy atom. The second-order valence-electron chi connectivity index (χ2n) is 4.93. The molecule has 3 nitrogen and oxygen atoms in total. The second kappa shape index (κ2) is 5.91. The first-order chi connectivity index (χ1) is 9.90. The third-order valence-electron chi connectivity index (χ3n) is 3.03. The van der Waals surface area contributed by atoms with Gasteiger partial charge in [0.15, 0.2) is 11.6 Å². The highest BCUT2D eigenvalue weighted by atomic mass is 19.1. The summed E-state index contributed by atoms with van der Waals surface area (Å²) in [6.45, 7) is 3.47. The van der Waals surface area contributed by atoms with E-state index in [0.29, 0.717) is 5.69 Å². The van der Waals surface area contributed by atoms with Crippen LogP contribution < -0.4 is 0 Å². The van der Waals surface area contributed by atoms with E-state index in [1.807, 2.05) is 0 Å². The fraction of sp³-hybridized carbons (Fsp3) is 0.188.